The van der Waals surface area contributed by atoms with Crippen LogP contribution in [0.1, 0.15) is 11.3 Å². The van der Waals surface area contributed by atoms with Gasteiger partial charge in [-0.3, -0.25) is 9.40 Å². The molecule has 3 heterocycles. The van der Waals surface area contributed by atoms with Crippen molar-refractivity contribution >= 4 is 32.3 Å². The maximum Gasteiger partial charge on any atom is 0.232 e. The van der Waals surface area contributed by atoms with Crippen molar-refractivity contribution in [3.8, 4) is 0 Å². The first-order chi connectivity index (χ1) is 11.0. The summed E-state index contributed by atoms with van der Waals surface area (Å²) >= 11 is 0. The molecule has 0 spiro atoms. The first-order valence-corrected chi connectivity index (χ1v) is 8.91. The standard InChI is InChI=1S/C15H15N5O2S/c1-23(21,22)20-8-14-12(4-5-16-14)15(9-20)18-11-2-3-13-10(6-11)7-17-19-13/h2-7,9,16,18H,8H2,1H3,(H,17,19). The summed E-state index contributed by atoms with van der Waals surface area (Å²) in [6.45, 7) is 0.313. The highest BCUT2D eigenvalue weighted by Crippen LogP contribution is 2.29. The van der Waals surface area contributed by atoms with Gasteiger partial charge in [-0.15, -0.1) is 0 Å². The van der Waals surface area contributed by atoms with Crippen molar-refractivity contribution in [3.05, 3.63) is 54.1 Å². The number of rotatable bonds is 3. The molecule has 0 atom stereocenters. The lowest BCUT2D eigenvalue weighted by molar-refractivity contribution is 0.494. The molecule has 3 N–H and O–H groups in total. The number of aromatic nitrogens is 3. The van der Waals surface area contributed by atoms with Gasteiger partial charge >= 0.3 is 0 Å². The molecule has 2 aromatic heterocycles. The quantitative estimate of drug-likeness (QED) is 0.686. The Bertz CT molecular complexity index is 1020. The largest absolute Gasteiger partial charge is 0.363 e. The lowest BCUT2D eigenvalue weighted by Gasteiger charge is -2.25. The maximum atomic E-state index is 11.9. The van der Waals surface area contributed by atoms with Crippen molar-refractivity contribution in [2.45, 2.75) is 6.54 Å². The summed E-state index contributed by atoms with van der Waals surface area (Å²) in [4.78, 5) is 3.10. The summed E-state index contributed by atoms with van der Waals surface area (Å²) in [6, 6.07) is 7.75. The van der Waals surface area contributed by atoms with Crippen molar-refractivity contribution < 1.29 is 8.42 Å². The Labute approximate surface area is 133 Å². The van der Waals surface area contributed by atoms with E-state index >= 15 is 0 Å². The first kappa shape index (κ1) is 13.9. The summed E-state index contributed by atoms with van der Waals surface area (Å²) in [5, 5.41) is 11.2. The van der Waals surface area contributed by atoms with E-state index in [1.165, 1.54) is 10.6 Å². The number of benzene rings is 1. The molecular weight excluding hydrogens is 314 g/mol. The Kier molecular flexibility index (Phi) is 2.95. The van der Waals surface area contributed by atoms with E-state index in [1.54, 1.807) is 12.4 Å². The van der Waals surface area contributed by atoms with Gasteiger partial charge in [0.05, 0.1) is 30.2 Å². The molecule has 4 rings (SSSR count). The zero-order valence-electron chi connectivity index (χ0n) is 12.4. The number of nitrogens with one attached hydrogen (secondary N) is 3. The van der Waals surface area contributed by atoms with Gasteiger partial charge in [0.15, 0.2) is 0 Å². The zero-order valence-corrected chi connectivity index (χ0v) is 13.2. The second-order valence-electron chi connectivity index (χ2n) is 5.52. The van der Waals surface area contributed by atoms with Crippen molar-refractivity contribution in [2.75, 3.05) is 11.6 Å². The number of hydrogen-bond donors (Lipinski definition) is 3. The topological polar surface area (TPSA) is 93.9 Å². The molecule has 8 heteroatoms. The summed E-state index contributed by atoms with van der Waals surface area (Å²) in [5.41, 5.74) is 4.39. The molecule has 3 aromatic rings. The Morgan fingerprint density at radius 1 is 1.30 bits per heavy atom. The van der Waals surface area contributed by atoms with Crippen LogP contribution in [0.4, 0.5) is 5.69 Å². The van der Waals surface area contributed by atoms with E-state index in [0.717, 1.165) is 33.5 Å². The van der Waals surface area contributed by atoms with Gasteiger partial charge in [-0.25, -0.2) is 8.42 Å². The molecule has 118 valence electrons. The molecule has 7 nitrogen and oxygen atoms in total. The van der Waals surface area contributed by atoms with E-state index in [2.05, 4.69) is 20.5 Å². The lowest BCUT2D eigenvalue weighted by Crippen LogP contribution is -2.28. The second kappa shape index (κ2) is 4.88. The van der Waals surface area contributed by atoms with E-state index in [-0.39, 0.29) is 0 Å². The van der Waals surface area contributed by atoms with Crippen molar-refractivity contribution in [1.29, 1.82) is 0 Å². The van der Waals surface area contributed by atoms with Gasteiger partial charge in [0.25, 0.3) is 0 Å². The summed E-state index contributed by atoms with van der Waals surface area (Å²) in [6.07, 6.45) is 6.39. The van der Waals surface area contributed by atoms with Crippen LogP contribution in [0.3, 0.4) is 0 Å². The van der Waals surface area contributed by atoms with Crippen LogP contribution in [0.15, 0.2) is 42.9 Å². The molecule has 1 aliphatic heterocycles. The van der Waals surface area contributed by atoms with Gasteiger partial charge in [-0.2, -0.15) is 5.10 Å². The van der Waals surface area contributed by atoms with Crippen molar-refractivity contribution in [1.82, 2.24) is 19.5 Å². The molecule has 1 aliphatic rings. The van der Waals surface area contributed by atoms with Crippen LogP contribution in [0, 0.1) is 0 Å². The maximum absolute atomic E-state index is 11.9. The Balaban J connectivity index is 1.74. The highest BCUT2D eigenvalue weighted by molar-refractivity contribution is 7.88. The van der Waals surface area contributed by atoms with E-state index in [1.807, 2.05) is 30.5 Å². The first-order valence-electron chi connectivity index (χ1n) is 7.06. The van der Waals surface area contributed by atoms with Crippen LogP contribution in [0.2, 0.25) is 0 Å². The van der Waals surface area contributed by atoms with Gasteiger partial charge in [0.1, 0.15) is 0 Å². The molecule has 0 fully saturated rings. The van der Waals surface area contributed by atoms with Crippen LogP contribution in [0.25, 0.3) is 16.6 Å². The van der Waals surface area contributed by atoms with Crippen LogP contribution in [-0.4, -0.2) is 34.2 Å². The molecule has 0 amide bonds. The average molecular weight is 329 g/mol. The third-order valence-electron chi connectivity index (χ3n) is 3.86. The molecule has 0 radical (unpaired) electrons. The van der Waals surface area contributed by atoms with Gasteiger partial charge in [-0.05, 0) is 24.3 Å². The van der Waals surface area contributed by atoms with E-state index in [9.17, 15) is 8.42 Å². The molecule has 23 heavy (non-hydrogen) atoms. The van der Waals surface area contributed by atoms with Crippen LogP contribution in [-0.2, 0) is 16.6 Å². The molecule has 1 aromatic carbocycles. The van der Waals surface area contributed by atoms with Crippen LogP contribution < -0.4 is 5.32 Å². The summed E-state index contributed by atoms with van der Waals surface area (Å²) in [5.74, 6) is 0. The number of sulfonamides is 1. The van der Waals surface area contributed by atoms with Gasteiger partial charge in [0.2, 0.25) is 10.0 Å². The predicted molar refractivity (Wildman–Crippen MR) is 88.9 cm³/mol. The fourth-order valence-corrected chi connectivity index (χ4v) is 3.35. The third-order valence-corrected chi connectivity index (χ3v) is 4.94. The molecule has 0 saturated carbocycles. The van der Waals surface area contributed by atoms with Crippen molar-refractivity contribution in [2.24, 2.45) is 0 Å². The van der Waals surface area contributed by atoms with Crippen LogP contribution in [0.5, 0.6) is 0 Å². The Morgan fingerprint density at radius 2 is 2.17 bits per heavy atom. The third kappa shape index (κ3) is 2.46. The number of nitrogens with zero attached hydrogens (tertiary/aromatic N) is 2. The van der Waals surface area contributed by atoms with E-state index in [0.29, 0.717) is 6.54 Å². The molecule has 0 unspecified atom stereocenters. The van der Waals surface area contributed by atoms with Crippen LogP contribution >= 0.6 is 0 Å². The summed E-state index contributed by atoms with van der Waals surface area (Å²) < 4.78 is 25.1. The summed E-state index contributed by atoms with van der Waals surface area (Å²) in [7, 11) is -3.32. The highest BCUT2D eigenvalue weighted by atomic mass is 32.2. The lowest BCUT2D eigenvalue weighted by atomic mass is 10.1. The minimum absolute atomic E-state index is 0.313. The molecule has 0 saturated heterocycles. The number of hydrogen-bond acceptors (Lipinski definition) is 4. The number of anilines is 1. The van der Waals surface area contributed by atoms with E-state index < -0.39 is 10.0 Å². The molecule has 0 bridgehead atoms. The van der Waals surface area contributed by atoms with Gasteiger partial charge < -0.3 is 10.3 Å². The zero-order chi connectivity index (χ0) is 16.0. The predicted octanol–water partition coefficient (Wildman–Crippen LogP) is 2.08. The highest BCUT2D eigenvalue weighted by Gasteiger charge is 2.23. The van der Waals surface area contributed by atoms with E-state index in [4.69, 9.17) is 0 Å². The molecular formula is C15H15N5O2S. The number of fused-ring (bicyclic) bond motifs is 2. The second-order valence-corrected chi connectivity index (χ2v) is 7.45. The fourth-order valence-electron chi connectivity index (χ4n) is 2.69. The van der Waals surface area contributed by atoms with Gasteiger partial charge in [0, 0.05) is 34.7 Å². The minimum atomic E-state index is -3.32. The monoisotopic (exact) mass is 329 g/mol. The average Bonchev–Trinajstić information content (AvgIpc) is 3.14. The number of aromatic amines is 2. The Morgan fingerprint density at radius 3 is 3.00 bits per heavy atom. The minimum Gasteiger partial charge on any atom is -0.363 e. The molecule has 0 aliphatic carbocycles. The fraction of sp³-hybridized carbons (Fsp3) is 0.133. The van der Waals surface area contributed by atoms with Gasteiger partial charge in [-0.1, -0.05) is 0 Å². The van der Waals surface area contributed by atoms with Crippen molar-refractivity contribution in [3.63, 3.8) is 0 Å². The number of H-pyrrole nitrogens is 2. The smallest absolute Gasteiger partial charge is 0.232 e. The SMILES string of the molecule is CS(=O)(=O)N1C=C(Nc2ccc3[nH]ncc3c2)c2cc[nH]c2C1. The Hall–Kier alpha value is -2.74. The normalized spacial score (nSPS) is 14.7.